The normalized spacial score (nSPS) is 11.0. The summed E-state index contributed by atoms with van der Waals surface area (Å²) in [6.07, 6.45) is 1.61. The van der Waals surface area contributed by atoms with Gasteiger partial charge < -0.3 is 0 Å². The molecule has 1 aromatic carbocycles. The molecule has 0 radical (unpaired) electrons. The number of nitrogens with zero attached hydrogens (tertiary/aromatic N) is 3. The molecule has 0 fully saturated rings. The third-order valence-electron chi connectivity index (χ3n) is 3.12. The van der Waals surface area contributed by atoms with Crippen molar-refractivity contribution in [3.63, 3.8) is 0 Å². The van der Waals surface area contributed by atoms with Gasteiger partial charge in [-0.2, -0.15) is 5.10 Å². The Morgan fingerprint density at radius 3 is 3.05 bits per heavy atom. The van der Waals surface area contributed by atoms with E-state index in [2.05, 4.69) is 15.4 Å². The fraction of sp³-hybridized carbons (Fsp3) is 0.214. The van der Waals surface area contributed by atoms with Crippen LogP contribution in [0, 0.1) is 6.92 Å². The molecule has 1 N–H and O–H groups in total. The fourth-order valence-electron chi connectivity index (χ4n) is 2.15. The molecule has 0 aliphatic rings. The number of rotatable bonds is 3. The number of anilines is 1. The number of aromatic nitrogens is 3. The van der Waals surface area contributed by atoms with Gasteiger partial charge in [-0.15, -0.1) is 0 Å². The number of thiazole rings is 1. The van der Waals surface area contributed by atoms with Crippen molar-refractivity contribution in [3.8, 4) is 0 Å². The Morgan fingerprint density at radius 1 is 1.48 bits per heavy atom. The van der Waals surface area contributed by atoms with Crippen molar-refractivity contribution < 1.29 is 4.79 Å². The van der Waals surface area contributed by atoms with Crippen molar-refractivity contribution in [1.29, 1.82) is 0 Å². The van der Waals surface area contributed by atoms with Crippen LogP contribution in [0.2, 0.25) is 5.02 Å². The molecule has 0 atom stereocenters. The molecule has 0 spiro atoms. The average Bonchev–Trinajstić information content (AvgIpc) is 3.04. The van der Waals surface area contributed by atoms with Crippen LogP contribution in [0.4, 0.5) is 5.13 Å². The van der Waals surface area contributed by atoms with Gasteiger partial charge in [0.15, 0.2) is 5.13 Å². The van der Waals surface area contributed by atoms with E-state index < -0.39 is 0 Å². The van der Waals surface area contributed by atoms with Gasteiger partial charge in [0, 0.05) is 17.8 Å². The van der Waals surface area contributed by atoms with Gasteiger partial charge in [0.1, 0.15) is 5.69 Å². The van der Waals surface area contributed by atoms with Crippen LogP contribution in [0.25, 0.3) is 10.2 Å². The Balaban J connectivity index is 1.92. The maximum absolute atomic E-state index is 12.3. The first kappa shape index (κ1) is 14.0. The van der Waals surface area contributed by atoms with E-state index in [4.69, 9.17) is 11.6 Å². The number of amides is 1. The number of halogens is 1. The number of carbonyl (C=O) groups excluding carboxylic acids is 1. The maximum atomic E-state index is 12.3. The number of benzene rings is 1. The Bertz CT molecular complexity index is 824. The van der Waals surface area contributed by atoms with Gasteiger partial charge in [0.05, 0.1) is 10.2 Å². The zero-order chi connectivity index (χ0) is 15.0. The molecule has 2 aromatic heterocycles. The second-order valence-electron chi connectivity index (χ2n) is 4.57. The fourth-order valence-corrected chi connectivity index (χ4v) is 3.46. The van der Waals surface area contributed by atoms with Crippen LogP contribution in [0.5, 0.6) is 0 Å². The highest BCUT2D eigenvalue weighted by molar-refractivity contribution is 7.22. The standard InChI is InChI=1S/C14H13ClN4OS/c1-3-19-10(4-5-16-19)13(20)18-14-17-12-8(2)6-9(15)7-11(12)21-14/h4-7H,3H2,1-2H3,(H,17,18,20). The molecule has 7 heteroatoms. The lowest BCUT2D eigenvalue weighted by atomic mass is 10.2. The summed E-state index contributed by atoms with van der Waals surface area (Å²) >= 11 is 7.45. The van der Waals surface area contributed by atoms with Gasteiger partial charge in [-0.3, -0.25) is 14.8 Å². The van der Waals surface area contributed by atoms with E-state index in [1.807, 2.05) is 26.0 Å². The van der Waals surface area contributed by atoms with Crippen LogP contribution < -0.4 is 5.32 Å². The summed E-state index contributed by atoms with van der Waals surface area (Å²) in [5, 5.41) is 8.14. The lowest BCUT2D eigenvalue weighted by Gasteiger charge is -2.03. The van der Waals surface area contributed by atoms with E-state index in [0.29, 0.717) is 22.4 Å². The minimum absolute atomic E-state index is 0.211. The molecule has 0 aliphatic heterocycles. The minimum Gasteiger partial charge on any atom is -0.296 e. The predicted octanol–water partition coefficient (Wildman–Crippen LogP) is 3.73. The number of hydrogen-bond acceptors (Lipinski definition) is 4. The second kappa shape index (κ2) is 5.46. The van der Waals surface area contributed by atoms with Crippen LogP contribution in [0.1, 0.15) is 23.0 Å². The Hall–Kier alpha value is -1.92. The predicted molar refractivity (Wildman–Crippen MR) is 85.2 cm³/mol. The summed E-state index contributed by atoms with van der Waals surface area (Å²) in [6, 6.07) is 5.41. The van der Waals surface area contributed by atoms with E-state index >= 15 is 0 Å². The number of hydrogen-bond donors (Lipinski definition) is 1. The second-order valence-corrected chi connectivity index (χ2v) is 6.04. The number of nitrogens with one attached hydrogen (secondary N) is 1. The highest BCUT2D eigenvalue weighted by Gasteiger charge is 2.14. The topological polar surface area (TPSA) is 59.8 Å². The summed E-state index contributed by atoms with van der Waals surface area (Å²) < 4.78 is 2.60. The van der Waals surface area contributed by atoms with Crippen molar-refractivity contribution in [1.82, 2.24) is 14.8 Å². The van der Waals surface area contributed by atoms with E-state index in [1.54, 1.807) is 16.9 Å². The minimum atomic E-state index is -0.211. The molecule has 0 saturated carbocycles. The smallest absolute Gasteiger partial charge is 0.275 e. The van der Waals surface area contributed by atoms with Crippen LogP contribution in [0.3, 0.4) is 0 Å². The van der Waals surface area contributed by atoms with E-state index in [9.17, 15) is 4.79 Å². The van der Waals surface area contributed by atoms with Crippen LogP contribution in [-0.2, 0) is 6.54 Å². The van der Waals surface area contributed by atoms with Crippen molar-refractivity contribution in [2.75, 3.05) is 5.32 Å². The largest absolute Gasteiger partial charge is 0.296 e. The molecular formula is C14H13ClN4OS. The molecule has 0 bridgehead atoms. The molecule has 3 aromatic rings. The van der Waals surface area contributed by atoms with Gasteiger partial charge in [0.2, 0.25) is 0 Å². The van der Waals surface area contributed by atoms with Gasteiger partial charge in [0.25, 0.3) is 5.91 Å². The SMILES string of the molecule is CCn1nccc1C(=O)Nc1nc2c(C)cc(Cl)cc2s1. The van der Waals surface area contributed by atoms with Gasteiger partial charge >= 0.3 is 0 Å². The molecule has 108 valence electrons. The molecule has 0 aliphatic carbocycles. The lowest BCUT2D eigenvalue weighted by molar-refractivity contribution is 0.101. The zero-order valence-electron chi connectivity index (χ0n) is 11.6. The summed E-state index contributed by atoms with van der Waals surface area (Å²) in [5.74, 6) is -0.211. The van der Waals surface area contributed by atoms with E-state index in [1.165, 1.54) is 11.3 Å². The van der Waals surface area contributed by atoms with Crippen molar-refractivity contribution in [2.45, 2.75) is 20.4 Å². The molecular weight excluding hydrogens is 308 g/mol. The molecule has 5 nitrogen and oxygen atoms in total. The average molecular weight is 321 g/mol. The van der Waals surface area contributed by atoms with Gasteiger partial charge in [-0.05, 0) is 37.6 Å². The monoisotopic (exact) mass is 320 g/mol. The van der Waals surface area contributed by atoms with Gasteiger partial charge in [-0.1, -0.05) is 22.9 Å². The quantitative estimate of drug-likeness (QED) is 0.800. The summed E-state index contributed by atoms with van der Waals surface area (Å²) in [6.45, 7) is 4.53. The third kappa shape index (κ3) is 2.64. The van der Waals surface area contributed by atoms with Crippen molar-refractivity contribution in [2.24, 2.45) is 0 Å². The first-order valence-corrected chi connectivity index (χ1v) is 7.67. The van der Waals surface area contributed by atoms with E-state index in [-0.39, 0.29) is 5.91 Å². The first-order chi connectivity index (χ1) is 10.1. The molecule has 2 heterocycles. The molecule has 21 heavy (non-hydrogen) atoms. The zero-order valence-corrected chi connectivity index (χ0v) is 13.1. The number of fused-ring (bicyclic) bond motifs is 1. The third-order valence-corrected chi connectivity index (χ3v) is 4.26. The molecule has 0 unspecified atom stereocenters. The highest BCUT2D eigenvalue weighted by Crippen LogP contribution is 2.31. The van der Waals surface area contributed by atoms with Gasteiger partial charge in [-0.25, -0.2) is 4.98 Å². The molecule has 1 amide bonds. The lowest BCUT2D eigenvalue weighted by Crippen LogP contribution is -2.17. The van der Waals surface area contributed by atoms with Crippen molar-refractivity contribution in [3.05, 3.63) is 40.7 Å². The number of carbonyl (C=O) groups is 1. The Labute approximate surface area is 130 Å². The Morgan fingerprint density at radius 2 is 2.29 bits per heavy atom. The van der Waals surface area contributed by atoms with Crippen LogP contribution >= 0.6 is 22.9 Å². The number of aryl methyl sites for hydroxylation is 2. The van der Waals surface area contributed by atoms with Crippen LogP contribution in [0.15, 0.2) is 24.4 Å². The maximum Gasteiger partial charge on any atom is 0.275 e. The van der Waals surface area contributed by atoms with Crippen molar-refractivity contribution >= 4 is 44.2 Å². The first-order valence-electron chi connectivity index (χ1n) is 6.48. The molecule has 3 rings (SSSR count). The van der Waals surface area contributed by atoms with E-state index in [0.717, 1.165) is 15.8 Å². The summed E-state index contributed by atoms with van der Waals surface area (Å²) in [4.78, 5) is 16.7. The molecule has 0 saturated heterocycles. The summed E-state index contributed by atoms with van der Waals surface area (Å²) in [7, 11) is 0. The highest BCUT2D eigenvalue weighted by atomic mass is 35.5. The van der Waals surface area contributed by atoms with Crippen LogP contribution in [-0.4, -0.2) is 20.7 Å². The Kier molecular flexibility index (Phi) is 3.65. The summed E-state index contributed by atoms with van der Waals surface area (Å²) in [5.41, 5.74) is 2.38.